The van der Waals surface area contributed by atoms with Gasteiger partial charge in [-0.3, -0.25) is 9.48 Å². The molecule has 1 heterocycles. The van der Waals surface area contributed by atoms with E-state index >= 15 is 0 Å². The Morgan fingerprint density at radius 1 is 1.04 bits per heavy atom. The molecular formula is C21H23N3O. The first-order valence-electron chi connectivity index (χ1n) is 8.48. The maximum atomic E-state index is 12.5. The average Bonchev–Trinajstić information content (AvgIpc) is 3.04. The number of hydrogen-bond acceptors (Lipinski definition) is 2. The number of benzene rings is 2. The van der Waals surface area contributed by atoms with Gasteiger partial charge in [0, 0.05) is 25.6 Å². The molecule has 0 unspecified atom stereocenters. The molecule has 1 aromatic heterocycles. The van der Waals surface area contributed by atoms with Crippen molar-refractivity contribution in [3.8, 4) is 0 Å². The van der Waals surface area contributed by atoms with Gasteiger partial charge in [0.1, 0.15) is 0 Å². The number of aryl methyl sites for hydroxylation is 2. The summed E-state index contributed by atoms with van der Waals surface area (Å²) in [6.45, 7) is 2.56. The topological polar surface area (TPSA) is 46.9 Å². The van der Waals surface area contributed by atoms with E-state index in [2.05, 4.69) is 53.7 Å². The summed E-state index contributed by atoms with van der Waals surface area (Å²) in [5.41, 5.74) is 4.52. The first kappa shape index (κ1) is 17.0. The van der Waals surface area contributed by atoms with E-state index in [1.165, 1.54) is 5.56 Å². The smallest absolute Gasteiger partial charge is 0.221 e. The molecule has 4 nitrogen and oxygen atoms in total. The van der Waals surface area contributed by atoms with Crippen molar-refractivity contribution in [1.82, 2.24) is 15.1 Å². The van der Waals surface area contributed by atoms with Crippen molar-refractivity contribution in [2.75, 3.05) is 0 Å². The third-order valence-electron chi connectivity index (χ3n) is 4.46. The fourth-order valence-corrected chi connectivity index (χ4v) is 2.93. The second-order valence-corrected chi connectivity index (χ2v) is 6.30. The van der Waals surface area contributed by atoms with Gasteiger partial charge in [-0.1, -0.05) is 60.2 Å². The zero-order chi connectivity index (χ0) is 17.6. The Hall–Kier alpha value is -2.88. The predicted molar refractivity (Wildman–Crippen MR) is 99.1 cm³/mol. The van der Waals surface area contributed by atoms with Crippen molar-refractivity contribution < 1.29 is 4.79 Å². The molecule has 0 radical (unpaired) electrons. The molecule has 128 valence electrons. The molecule has 0 aliphatic rings. The van der Waals surface area contributed by atoms with Crippen molar-refractivity contribution in [3.63, 3.8) is 0 Å². The van der Waals surface area contributed by atoms with Crippen LogP contribution in [0.15, 0.2) is 66.9 Å². The standard InChI is InChI=1S/C21H23N3O/c1-16-8-10-18(11-9-16)20(17-6-4-3-5-7-17)14-21(25)22-15-19-12-13-23-24(19)2/h3-13,20H,14-15H2,1-2H3,(H,22,25)/t20-/m1/s1. The summed E-state index contributed by atoms with van der Waals surface area (Å²) in [5.74, 6) is 0.0870. The Balaban J connectivity index is 1.74. The van der Waals surface area contributed by atoms with Crippen LogP contribution in [0.1, 0.15) is 34.7 Å². The van der Waals surface area contributed by atoms with Crippen LogP contribution in [0.2, 0.25) is 0 Å². The zero-order valence-electron chi connectivity index (χ0n) is 14.6. The van der Waals surface area contributed by atoms with Crippen molar-refractivity contribution in [1.29, 1.82) is 0 Å². The lowest BCUT2D eigenvalue weighted by atomic mass is 9.88. The molecule has 0 spiro atoms. The molecule has 0 aliphatic heterocycles. The van der Waals surface area contributed by atoms with Crippen LogP contribution >= 0.6 is 0 Å². The van der Waals surface area contributed by atoms with Gasteiger partial charge in [-0.2, -0.15) is 5.10 Å². The Morgan fingerprint density at radius 3 is 2.36 bits per heavy atom. The number of aromatic nitrogens is 2. The van der Waals surface area contributed by atoms with Gasteiger partial charge in [-0.05, 0) is 24.1 Å². The van der Waals surface area contributed by atoms with E-state index in [0.717, 1.165) is 16.8 Å². The number of hydrogen-bond donors (Lipinski definition) is 1. The fraction of sp³-hybridized carbons (Fsp3) is 0.238. The summed E-state index contributed by atoms with van der Waals surface area (Å²) in [7, 11) is 1.88. The molecule has 0 saturated heterocycles. The first-order valence-corrected chi connectivity index (χ1v) is 8.48. The highest BCUT2D eigenvalue weighted by Gasteiger charge is 2.18. The lowest BCUT2D eigenvalue weighted by Crippen LogP contribution is -2.26. The summed E-state index contributed by atoms with van der Waals surface area (Å²) < 4.78 is 1.77. The quantitative estimate of drug-likeness (QED) is 0.750. The third-order valence-corrected chi connectivity index (χ3v) is 4.46. The SMILES string of the molecule is Cc1ccc([C@H](CC(=O)NCc2ccnn2C)c2ccccc2)cc1. The van der Waals surface area contributed by atoms with Crippen LogP contribution in [0.3, 0.4) is 0 Å². The Kier molecular flexibility index (Phi) is 5.29. The van der Waals surface area contributed by atoms with E-state index in [0.29, 0.717) is 13.0 Å². The van der Waals surface area contributed by atoms with Gasteiger partial charge in [-0.15, -0.1) is 0 Å². The van der Waals surface area contributed by atoms with Crippen molar-refractivity contribution in [2.45, 2.75) is 25.8 Å². The molecule has 3 rings (SSSR count). The normalized spacial score (nSPS) is 11.9. The van der Waals surface area contributed by atoms with Crippen LogP contribution in [-0.4, -0.2) is 15.7 Å². The van der Waals surface area contributed by atoms with E-state index in [-0.39, 0.29) is 11.8 Å². The predicted octanol–water partition coefficient (Wildman–Crippen LogP) is 3.57. The highest BCUT2D eigenvalue weighted by atomic mass is 16.1. The third kappa shape index (κ3) is 4.35. The van der Waals surface area contributed by atoms with Crippen LogP contribution in [0.4, 0.5) is 0 Å². The van der Waals surface area contributed by atoms with E-state index < -0.39 is 0 Å². The molecule has 2 aromatic carbocycles. The molecule has 0 bridgehead atoms. The monoisotopic (exact) mass is 333 g/mol. The van der Waals surface area contributed by atoms with E-state index in [9.17, 15) is 4.79 Å². The van der Waals surface area contributed by atoms with E-state index in [1.54, 1.807) is 10.9 Å². The second kappa shape index (κ2) is 7.79. The van der Waals surface area contributed by atoms with Gasteiger partial charge in [0.2, 0.25) is 5.91 Å². The Morgan fingerprint density at radius 2 is 1.72 bits per heavy atom. The zero-order valence-corrected chi connectivity index (χ0v) is 14.6. The van der Waals surface area contributed by atoms with Crippen molar-refractivity contribution >= 4 is 5.91 Å². The molecule has 0 aliphatic carbocycles. The van der Waals surface area contributed by atoms with Crippen LogP contribution in [0.25, 0.3) is 0 Å². The molecule has 3 aromatic rings. The van der Waals surface area contributed by atoms with Crippen LogP contribution in [0.5, 0.6) is 0 Å². The number of rotatable bonds is 6. The summed E-state index contributed by atoms with van der Waals surface area (Å²) >= 11 is 0. The Bertz CT molecular complexity index is 822. The highest BCUT2D eigenvalue weighted by Crippen LogP contribution is 2.28. The molecule has 0 saturated carbocycles. The van der Waals surface area contributed by atoms with Crippen molar-refractivity contribution in [3.05, 3.63) is 89.2 Å². The van der Waals surface area contributed by atoms with Crippen LogP contribution < -0.4 is 5.32 Å². The van der Waals surface area contributed by atoms with Gasteiger partial charge in [0.05, 0.1) is 12.2 Å². The molecule has 4 heteroatoms. The maximum Gasteiger partial charge on any atom is 0.221 e. The lowest BCUT2D eigenvalue weighted by molar-refractivity contribution is -0.121. The van der Waals surface area contributed by atoms with Crippen LogP contribution in [0, 0.1) is 6.92 Å². The van der Waals surface area contributed by atoms with Gasteiger partial charge in [-0.25, -0.2) is 0 Å². The molecule has 0 fully saturated rings. The number of nitrogens with zero attached hydrogens (tertiary/aromatic N) is 2. The van der Waals surface area contributed by atoms with Gasteiger partial charge in [0.25, 0.3) is 0 Å². The van der Waals surface area contributed by atoms with Gasteiger partial charge < -0.3 is 5.32 Å². The van der Waals surface area contributed by atoms with E-state index in [1.807, 2.05) is 31.3 Å². The molecule has 1 N–H and O–H groups in total. The minimum absolute atomic E-state index is 0.0376. The summed E-state index contributed by atoms with van der Waals surface area (Å²) in [4.78, 5) is 12.5. The van der Waals surface area contributed by atoms with Crippen LogP contribution in [-0.2, 0) is 18.4 Å². The summed E-state index contributed by atoms with van der Waals surface area (Å²) in [5, 5.41) is 7.13. The molecule has 1 amide bonds. The number of nitrogens with one attached hydrogen (secondary N) is 1. The summed E-state index contributed by atoms with van der Waals surface area (Å²) in [6.07, 6.45) is 2.16. The lowest BCUT2D eigenvalue weighted by Gasteiger charge is -2.18. The van der Waals surface area contributed by atoms with E-state index in [4.69, 9.17) is 0 Å². The highest BCUT2D eigenvalue weighted by molar-refractivity contribution is 5.77. The molecule has 1 atom stereocenters. The minimum atomic E-state index is 0.0376. The first-order chi connectivity index (χ1) is 12.1. The van der Waals surface area contributed by atoms with Gasteiger partial charge in [0.15, 0.2) is 0 Å². The average molecular weight is 333 g/mol. The number of carbonyl (C=O) groups excluding carboxylic acids is 1. The largest absolute Gasteiger partial charge is 0.350 e. The van der Waals surface area contributed by atoms with Crippen molar-refractivity contribution in [2.24, 2.45) is 7.05 Å². The fourth-order valence-electron chi connectivity index (χ4n) is 2.93. The Labute approximate surface area is 148 Å². The molecule has 25 heavy (non-hydrogen) atoms. The minimum Gasteiger partial charge on any atom is -0.350 e. The number of carbonyl (C=O) groups is 1. The maximum absolute atomic E-state index is 12.5. The number of amides is 1. The molecular weight excluding hydrogens is 310 g/mol. The summed E-state index contributed by atoms with van der Waals surface area (Å²) in [6, 6.07) is 20.5. The van der Waals surface area contributed by atoms with Gasteiger partial charge >= 0.3 is 0 Å². The second-order valence-electron chi connectivity index (χ2n) is 6.30.